The summed E-state index contributed by atoms with van der Waals surface area (Å²) in [5, 5.41) is 54.2. The third kappa shape index (κ3) is 3.77. The quantitative estimate of drug-likeness (QED) is 0.251. The summed E-state index contributed by atoms with van der Waals surface area (Å²) in [7, 11) is 4.58. The first-order valence-corrected chi connectivity index (χ1v) is 12.8. The van der Waals surface area contributed by atoms with Crippen molar-refractivity contribution in [2.24, 2.45) is 23.5 Å². The second-order valence-corrected chi connectivity index (χ2v) is 11.1. The minimum Gasteiger partial charge on any atom is -0.508 e. The van der Waals surface area contributed by atoms with Crippen molar-refractivity contribution in [3.05, 3.63) is 39.7 Å². The van der Waals surface area contributed by atoms with Crippen LogP contribution in [0.5, 0.6) is 11.5 Å². The molecule has 3 aliphatic carbocycles. The highest BCUT2D eigenvalue weighted by Crippen LogP contribution is 2.54. The molecule has 1 aromatic rings. The molecule has 2 fully saturated rings. The largest absolute Gasteiger partial charge is 0.508 e. The summed E-state index contributed by atoms with van der Waals surface area (Å²) < 4.78 is 5.72. The SMILES string of the molecule is COc1c(CN2CC(CO)C2)cc(O)c2c1C[C@H]1C[C@H]3[C@H](N(C)C)C(=O)C(C(N)=O)=C(O)[C@@]3(O)C(=O)C1=C2O. The molecule has 210 valence electrons. The predicted octanol–water partition coefficient (Wildman–Crippen LogP) is -0.603. The van der Waals surface area contributed by atoms with E-state index in [4.69, 9.17) is 10.5 Å². The van der Waals surface area contributed by atoms with E-state index in [0.717, 1.165) is 0 Å². The van der Waals surface area contributed by atoms with Gasteiger partial charge in [0, 0.05) is 54.8 Å². The lowest BCUT2D eigenvalue weighted by atomic mass is 9.57. The monoisotopic (exact) mass is 543 g/mol. The van der Waals surface area contributed by atoms with Crippen molar-refractivity contribution in [1.82, 2.24) is 9.80 Å². The number of benzene rings is 1. The Labute approximate surface area is 224 Å². The number of aliphatic hydroxyl groups is 4. The van der Waals surface area contributed by atoms with E-state index in [1.54, 1.807) is 14.1 Å². The highest BCUT2D eigenvalue weighted by molar-refractivity contribution is 6.24. The normalized spacial score (nSPS) is 29.2. The van der Waals surface area contributed by atoms with Crippen LogP contribution >= 0.6 is 0 Å². The van der Waals surface area contributed by atoms with Crippen LogP contribution in [0.25, 0.3) is 5.76 Å². The van der Waals surface area contributed by atoms with Gasteiger partial charge in [-0.05, 0) is 38.9 Å². The van der Waals surface area contributed by atoms with Crippen LogP contribution < -0.4 is 10.5 Å². The maximum absolute atomic E-state index is 13.9. The Morgan fingerprint density at radius 2 is 1.90 bits per heavy atom. The van der Waals surface area contributed by atoms with Crippen LogP contribution in [0.3, 0.4) is 0 Å². The number of aliphatic hydroxyl groups excluding tert-OH is 3. The molecule has 1 amide bonds. The number of nitrogens with two attached hydrogens (primary N) is 1. The van der Waals surface area contributed by atoms with Crippen LogP contribution in [-0.4, -0.2) is 105 Å². The van der Waals surface area contributed by atoms with Gasteiger partial charge in [-0.15, -0.1) is 0 Å². The number of Topliss-reactive ketones (excluding diaryl/α,β-unsaturated/α-hetero) is 2. The summed E-state index contributed by atoms with van der Waals surface area (Å²) in [5.74, 6) is -6.29. The number of amides is 1. The standard InChI is InChI=1S/C27H33N3O9/c1-29(2)20-15-5-12-4-14-18(16(32)6-13(23(14)39-3)9-30-7-11(8-30)10-31)21(33)17(12)24(35)27(15,38)25(36)19(22(20)34)26(28)37/h6,11-12,15,20,31-33,36,38H,4-5,7-10H2,1-3H3,(H2,28,37)/t12-,15-,20-,27-/m0/s1. The summed E-state index contributed by atoms with van der Waals surface area (Å²) in [5.41, 5.74) is 2.76. The van der Waals surface area contributed by atoms with Crippen LogP contribution in [0.1, 0.15) is 23.1 Å². The third-order valence-corrected chi connectivity index (χ3v) is 8.64. The van der Waals surface area contributed by atoms with Gasteiger partial charge in [0.2, 0.25) is 5.78 Å². The van der Waals surface area contributed by atoms with Gasteiger partial charge in [0.1, 0.15) is 28.6 Å². The Hall–Kier alpha value is -3.45. The maximum Gasteiger partial charge on any atom is 0.255 e. The molecule has 0 aromatic heterocycles. The summed E-state index contributed by atoms with van der Waals surface area (Å²) in [6.07, 6.45) is 0.155. The molecule has 5 rings (SSSR count). The summed E-state index contributed by atoms with van der Waals surface area (Å²) in [4.78, 5) is 42.7. The van der Waals surface area contributed by atoms with E-state index >= 15 is 0 Å². The number of methoxy groups -OCH3 is 1. The lowest BCUT2D eigenvalue weighted by Gasteiger charge is -2.50. The zero-order chi connectivity index (χ0) is 28.5. The van der Waals surface area contributed by atoms with Crippen molar-refractivity contribution in [3.63, 3.8) is 0 Å². The summed E-state index contributed by atoms with van der Waals surface area (Å²) in [6, 6.07) is 0.311. The smallest absolute Gasteiger partial charge is 0.255 e. The molecule has 4 atom stereocenters. The molecule has 0 radical (unpaired) electrons. The molecule has 1 saturated carbocycles. The fourth-order valence-electron chi connectivity index (χ4n) is 6.89. The van der Waals surface area contributed by atoms with Crippen molar-refractivity contribution in [1.29, 1.82) is 0 Å². The number of likely N-dealkylation sites (tertiary alicyclic amines) is 1. The summed E-state index contributed by atoms with van der Waals surface area (Å²) >= 11 is 0. The number of hydrogen-bond donors (Lipinski definition) is 6. The minimum atomic E-state index is -2.68. The Morgan fingerprint density at radius 3 is 2.46 bits per heavy atom. The van der Waals surface area contributed by atoms with E-state index < -0.39 is 58.0 Å². The van der Waals surface area contributed by atoms with Gasteiger partial charge in [0.05, 0.1) is 18.7 Å². The average Bonchev–Trinajstić information content (AvgIpc) is 2.82. The van der Waals surface area contributed by atoms with Crippen molar-refractivity contribution in [2.75, 3.05) is 40.9 Å². The molecule has 7 N–H and O–H groups in total. The number of phenols is 1. The molecule has 12 heteroatoms. The number of aromatic hydroxyl groups is 1. The number of ether oxygens (including phenoxy) is 1. The van der Waals surface area contributed by atoms with E-state index in [1.807, 2.05) is 0 Å². The highest BCUT2D eigenvalue weighted by Gasteiger charge is 2.64. The first-order valence-electron chi connectivity index (χ1n) is 12.8. The van der Waals surface area contributed by atoms with Crippen LogP contribution in [0, 0.1) is 17.8 Å². The zero-order valence-corrected chi connectivity index (χ0v) is 22.0. The Kier molecular flexibility index (Phi) is 6.49. The number of primary amides is 1. The zero-order valence-electron chi connectivity index (χ0n) is 22.0. The number of ketones is 2. The van der Waals surface area contributed by atoms with Gasteiger partial charge in [-0.3, -0.25) is 24.2 Å². The topological polar surface area (TPSA) is 194 Å². The van der Waals surface area contributed by atoms with E-state index in [-0.39, 0.29) is 42.3 Å². The number of rotatable bonds is 6. The van der Waals surface area contributed by atoms with Gasteiger partial charge in [0.15, 0.2) is 11.4 Å². The van der Waals surface area contributed by atoms with E-state index in [2.05, 4.69) is 4.90 Å². The number of carbonyl (C=O) groups is 3. The molecule has 39 heavy (non-hydrogen) atoms. The van der Waals surface area contributed by atoms with E-state index in [1.165, 1.54) is 18.1 Å². The number of hydrogen-bond acceptors (Lipinski definition) is 11. The third-order valence-electron chi connectivity index (χ3n) is 8.64. The number of nitrogens with zero attached hydrogens (tertiary/aromatic N) is 2. The van der Waals surface area contributed by atoms with Crippen LogP contribution in [0.2, 0.25) is 0 Å². The summed E-state index contributed by atoms with van der Waals surface area (Å²) in [6.45, 7) is 1.91. The Balaban J connectivity index is 1.64. The fourth-order valence-corrected chi connectivity index (χ4v) is 6.89. The number of phenolic OH excluding ortho intramolecular Hbond substituents is 1. The molecule has 1 saturated heterocycles. The number of fused-ring (bicyclic) bond motifs is 3. The number of carbonyl (C=O) groups excluding carboxylic acids is 3. The van der Waals surface area contributed by atoms with Crippen LogP contribution in [0.15, 0.2) is 23.0 Å². The molecule has 0 spiro atoms. The predicted molar refractivity (Wildman–Crippen MR) is 137 cm³/mol. The maximum atomic E-state index is 13.9. The molecule has 4 aliphatic rings. The van der Waals surface area contributed by atoms with Crippen LogP contribution in [0.4, 0.5) is 0 Å². The van der Waals surface area contributed by atoms with Gasteiger partial charge in [-0.25, -0.2) is 0 Å². The number of likely N-dealkylation sites (N-methyl/N-ethyl adjacent to an activating group) is 1. The lowest BCUT2D eigenvalue weighted by molar-refractivity contribution is -0.153. The molecule has 1 heterocycles. The molecule has 12 nitrogen and oxygen atoms in total. The van der Waals surface area contributed by atoms with E-state index in [9.17, 15) is 39.9 Å². The van der Waals surface area contributed by atoms with E-state index in [0.29, 0.717) is 36.5 Å². The van der Waals surface area contributed by atoms with Crippen LogP contribution in [-0.2, 0) is 27.3 Å². The van der Waals surface area contributed by atoms with Gasteiger partial charge in [-0.1, -0.05) is 0 Å². The van der Waals surface area contributed by atoms with Gasteiger partial charge in [0.25, 0.3) is 5.91 Å². The van der Waals surface area contributed by atoms with Crippen molar-refractivity contribution >= 4 is 23.2 Å². The molecule has 1 aromatic carbocycles. The Morgan fingerprint density at radius 1 is 1.23 bits per heavy atom. The molecular formula is C27H33N3O9. The lowest BCUT2D eigenvalue weighted by Crippen LogP contribution is -2.65. The van der Waals surface area contributed by atoms with Gasteiger partial charge in [-0.2, -0.15) is 0 Å². The minimum absolute atomic E-state index is 0.00418. The average molecular weight is 544 g/mol. The molecule has 1 aliphatic heterocycles. The first kappa shape index (κ1) is 27.1. The van der Waals surface area contributed by atoms with Gasteiger partial charge >= 0.3 is 0 Å². The fraction of sp³-hybridized carbons (Fsp3) is 0.519. The van der Waals surface area contributed by atoms with Crippen molar-refractivity contribution < 1.29 is 44.7 Å². The molecular weight excluding hydrogens is 510 g/mol. The Bertz CT molecular complexity index is 1340. The second-order valence-electron chi connectivity index (χ2n) is 11.1. The van der Waals surface area contributed by atoms with Crippen molar-refractivity contribution in [2.45, 2.75) is 31.0 Å². The second kappa shape index (κ2) is 9.33. The highest BCUT2D eigenvalue weighted by atomic mass is 16.5. The first-order chi connectivity index (χ1) is 18.4. The van der Waals surface area contributed by atoms with Crippen molar-refractivity contribution in [3.8, 4) is 11.5 Å². The van der Waals surface area contributed by atoms with Gasteiger partial charge < -0.3 is 36.0 Å². The molecule has 0 bridgehead atoms. The molecule has 0 unspecified atom stereocenters.